The second kappa shape index (κ2) is 8.82. The number of benzene rings is 1. The lowest BCUT2D eigenvalue weighted by atomic mass is 10.2. The van der Waals surface area contributed by atoms with Crippen molar-refractivity contribution in [1.29, 1.82) is 0 Å². The molecule has 1 N–H and O–H groups in total. The molecule has 0 bridgehead atoms. The van der Waals surface area contributed by atoms with Crippen LogP contribution in [0.1, 0.15) is 41.6 Å². The maximum absolute atomic E-state index is 12.4. The molecule has 1 aromatic carbocycles. The van der Waals surface area contributed by atoms with E-state index in [0.29, 0.717) is 31.0 Å². The van der Waals surface area contributed by atoms with Gasteiger partial charge in [0.2, 0.25) is 0 Å². The van der Waals surface area contributed by atoms with Gasteiger partial charge >= 0.3 is 5.97 Å². The normalized spacial score (nSPS) is 10.2. The van der Waals surface area contributed by atoms with Crippen LogP contribution in [-0.4, -0.2) is 41.5 Å². The van der Waals surface area contributed by atoms with Crippen molar-refractivity contribution in [2.75, 3.05) is 25.0 Å². The molecule has 1 heterocycles. The van der Waals surface area contributed by atoms with E-state index in [0.717, 1.165) is 11.4 Å². The summed E-state index contributed by atoms with van der Waals surface area (Å²) in [6.07, 6.45) is 1.60. The van der Waals surface area contributed by atoms with Crippen LogP contribution in [0.25, 0.3) is 0 Å². The van der Waals surface area contributed by atoms with Gasteiger partial charge < -0.3 is 15.0 Å². The predicted octanol–water partition coefficient (Wildman–Crippen LogP) is 3.48. The third-order valence-electron chi connectivity index (χ3n) is 3.71. The molecule has 1 amide bonds. The van der Waals surface area contributed by atoms with Crippen LogP contribution in [-0.2, 0) is 4.74 Å². The minimum atomic E-state index is -0.343. The fourth-order valence-corrected chi connectivity index (χ4v) is 2.37. The van der Waals surface area contributed by atoms with Gasteiger partial charge in [0.25, 0.3) is 5.91 Å². The number of nitrogens with zero attached hydrogens (tertiary/aromatic N) is 2. The molecule has 1 aromatic heterocycles. The van der Waals surface area contributed by atoms with E-state index in [4.69, 9.17) is 4.74 Å². The van der Waals surface area contributed by atoms with Crippen LogP contribution in [0.5, 0.6) is 0 Å². The van der Waals surface area contributed by atoms with Crippen molar-refractivity contribution in [2.24, 2.45) is 0 Å². The number of esters is 1. The Kier molecular flexibility index (Phi) is 6.51. The number of ether oxygens (including phenoxy) is 1. The lowest BCUT2D eigenvalue weighted by molar-refractivity contribution is 0.0526. The number of carbonyl (C=O) groups is 2. The van der Waals surface area contributed by atoms with Gasteiger partial charge in [-0.25, -0.2) is 4.79 Å². The van der Waals surface area contributed by atoms with Crippen LogP contribution < -0.4 is 5.32 Å². The summed E-state index contributed by atoms with van der Waals surface area (Å²) in [5.41, 5.74) is 2.46. The molecule has 0 atom stereocenters. The average molecular weight is 341 g/mol. The fourth-order valence-electron chi connectivity index (χ4n) is 2.37. The molecule has 0 unspecified atom stereocenters. The van der Waals surface area contributed by atoms with Gasteiger partial charge in [0.1, 0.15) is 5.69 Å². The van der Waals surface area contributed by atoms with Crippen LogP contribution in [0.2, 0.25) is 0 Å². The van der Waals surface area contributed by atoms with Crippen molar-refractivity contribution >= 4 is 23.3 Å². The molecule has 0 spiro atoms. The summed E-state index contributed by atoms with van der Waals surface area (Å²) in [5.74, 6) is -0.434. The van der Waals surface area contributed by atoms with Gasteiger partial charge in [-0.05, 0) is 57.2 Å². The highest BCUT2D eigenvalue weighted by molar-refractivity contribution is 5.93. The van der Waals surface area contributed by atoms with Crippen molar-refractivity contribution in [2.45, 2.75) is 20.8 Å². The molecular formula is C19H23N3O3. The molecule has 0 aliphatic heterocycles. The summed E-state index contributed by atoms with van der Waals surface area (Å²) in [6, 6.07) is 10.5. The number of carbonyl (C=O) groups excluding carboxylic acids is 2. The molecule has 6 nitrogen and oxygen atoms in total. The molecule has 132 valence electrons. The minimum Gasteiger partial charge on any atom is -0.462 e. The zero-order valence-corrected chi connectivity index (χ0v) is 14.8. The van der Waals surface area contributed by atoms with Crippen LogP contribution in [0.15, 0.2) is 42.6 Å². The van der Waals surface area contributed by atoms with E-state index in [9.17, 15) is 9.59 Å². The molecule has 6 heteroatoms. The molecular weight excluding hydrogens is 318 g/mol. The van der Waals surface area contributed by atoms with Gasteiger partial charge in [0.05, 0.1) is 12.2 Å². The van der Waals surface area contributed by atoms with E-state index in [1.54, 1.807) is 54.4 Å². The summed E-state index contributed by atoms with van der Waals surface area (Å²) in [4.78, 5) is 29.9. The van der Waals surface area contributed by atoms with Crippen molar-refractivity contribution in [3.8, 4) is 0 Å². The molecule has 2 rings (SSSR count). The molecule has 0 saturated carbocycles. The van der Waals surface area contributed by atoms with Crippen LogP contribution in [0, 0.1) is 0 Å². The van der Waals surface area contributed by atoms with Gasteiger partial charge in [-0.1, -0.05) is 0 Å². The van der Waals surface area contributed by atoms with E-state index in [1.165, 1.54) is 0 Å². The number of pyridine rings is 1. The Labute approximate surface area is 147 Å². The molecule has 2 aromatic rings. The molecule has 0 aliphatic rings. The number of amides is 1. The van der Waals surface area contributed by atoms with Gasteiger partial charge in [-0.3, -0.25) is 9.78 Å². The number of rotatable bonds is 7. The summed E-state index contributed by atoms with van der Waals surface area (Å²) >= 11 is 0. The molecule has 0 saturated heterocycles. The first-order valence-corrected chi connectivity index (χ1v) is 8.38. The minimum absolute atomic E-state index is 0.0914. The Morgan fingerprint density at radius 2 is 1.72 bits per heavy atom. The Morgan fingerprint density at radius 1 is 1.04 bits per heavy atom. The first-order valence-electron chi connectivity index (χ1n) is 8.38. The zero-order chi connectivity index (χ0) is 18.2. The maximum atomic E-state index is 12.4. The van der Waals surface area contributed by atoms with E-state index in [-0.39, 0.29) is 11.9 Å². The van der Waals surface area contributed by atoms with Gasteiger partial charge in [-0.15, -0.1) is 0 Å². The van der Waals surface area contributed by atoms with Crippen molar-refractivity contribution < 1.29 is 14.3 Å². The van der Waals surface area contributed by atoms with Crippen molar-refractivity contribution in [1.82, 2.24) is 9.88 Å². The van der Waals surface area contributed by atoms with Crippen LogP contribution >= 0.6 is 0 Å². The van der Waals surface area contributed by atoms with Crippen LogP contribution in [0.3, 0.4) is 0 Å². The second-order valence-electron chi connectivity index (χ2n) is 5.33. The maximum Gasteiger partial charge on any atom is 0.338 e. The molecule has 0 aliphatic carbocycles. The van der Waals surface area contributed by atoms with E-state index < -0.39 is 0 Å². The first kappa shape index (κ1) is 18.4. The monoisotopic (exact) mass is 341 g/mol. The molecule has 0 radical (unpaired) electrons. The Morgan fingerprint density at radius 3 is 2.32 bits per heavy atom. The van der Waals surface area contributed by atoms with E-state index in [2.05, 4.69) is 10.3 Å². The third-order valence-corrected chi connectivity index (χ3v) is 3.71. The fraction of sp³-hybridized carbons (Fsp3) is 0.316. The Balaban J connectivity index is 2.11. The molecule has 0 fully saturated rings. The third kappa shape index (κ3) is 4.79. The highest BCUT2D eigenvalue weighted by atomic mass is 16.5. The first-order chi connectivity index (χ1) is 12.1. The lowest BCUT2D eigenvalue weighted by Crippen LogP contribution is -2.31. The number of nitrogens with one attached hydrogen (secondary N) is 1. The van der Waals surface area contributed by atoms with E-state index in [1.807, 2.05) is 13.8 Å². The second-order valence-corrected chi connectivity index (χ2v) is 5.33. The number of aromatic nitrogens is 1. The van der Waals surface area contributed by atoms with Crippen molar-refractivity contribution in [3.05, 3.63) is 53.9 Å². The highest BCUT2D eigenvalue weighted by Gasteiger charge is 2.14. The van der Waals surface area contributed by atoms with Gasteiger partial charge in [0, 0.05) is 30.7 Å². The predicted molar refractivity (Wildman–Crippen MR) is 97.2 cm³/mol. The van der Waals surface area contributed by atoms with Gasteiger partial charge in [0.15, 0.2) is 0 Å². The topological polar surface area (TPSA) is 71.5 Å². The standard InChI is InChI=1S/C19H23N3O3/c1-4-22(5-2)18(23)17-13-16(11-12-20-17)21-15-9-7-14(8-10-15)19(24)25-6-3/h7-13H,4-6H2,1-3H3,(H,20,21). The smallest absolute Gasteiger partial charge is 0.338 e. The van der Waals surface area contributed by atoms with Crippen LogP contribution in [0.4, 0.5) is 11.4 Å². The number of hydrogen-bond donors (Lipinski definition) is 1. The summed E-state index contributed by atoms with van der Waals surface area (Å²) in [7, 11) is 0. The molecule has 25 heavy (non-hydrogen) atoms. The number of hydrogen-bond acceptors (Lipinski definition) is 5. The number of anilines is 2. The van der Waals surface area contributed by atoms with Crippen molar-refractivity contribution in [3.63, 3.8) is 0 Å². The lowest BCUT2D eigenvalue weighted by Gasteiger charge is -2.18. The Hall–Kier alpha value is -2.89. The summed E-state index contributed by atoms with van der Waals surface area (Å²) in [6.45, 7) is 7.28. The Bertz CT molecular complexity index is 725. The summed E-state index contributed by atoms with van der Waals surface area (Å²) < 4.78 is 4.96. The zero-order valence-electron chi connectivity index (χ0n) is 14.8. The highest BCUT2D eigenvalue weighted by Crippen LogP contribution is 2.18. The quantitative estimate of drug-likeness (QED) is 0.781. The van der Waals surface area contributed by atoms with E-state index >= 15 is 0 Å². The largest absolute Gasteiger partial charge is 0.462 e. The van der Waals surface area contributed by atoms with Gasteiger partial charge in [-0.2, -0.15) is 0 Å². The average Bonchev–Trinajstić information content (AvgIpc) is 2.63. The summed E-state index contributed by atoms with van der Waals surface area (Å²) in [5, 5.41) is 3.21. The SMILES string of the molecule is CCOC(=O)c1ccc(Nc2ccnc(C(=O)N(CC)CC)c2)cc1.